The van der Waals surface area contributed by atoms with Gasteiger partial charge in [0.1, 0.15) is 0 Å². The van der Waals surface area contributed by atoms with Gasteiger partial charge in [0.05, 0.1) is 18.6 Å². The van der Waals surface area contributed by atoms with Crippen molar-refractivity contribution >= 4 is 17.9 Å². The van der Waals surface area contributed by atoms with Crippen LogP contribution in [0.4, 0.5) is 9.18 Å². The zero-order valence-corrected chi connectivity index (χ0v) is 10.9. The normalized spacial score (nSPS) is 30.9. The minimum absolute atomic E-state index is 0.0153. The number of alkyl halides is 1. The Bertz CT molecular complexity index is 447. The minimum atomic E-state index is -2.28. The third kappa shape index (κ3) is 2.05. The second-order valence-electron chi connectivity index (χ2n) is 5.43. The zero-order chi connectivity index (χ0) is 14.4. The lowest BCUT2D eigenvalue weighted by Crippen LogP contribution is -2.69. The summed E-state index contributed by atoms with van der Waals surface area (Å²) in [5, 5.41) is 1.84. The molecule has 0 bridgehead atoms. The topological polar surface area (TPSA) is 84.9 Å². The minimum Gasteiger partial charge on any atom is -0.410 e. The third-order valence-electron chi connectivity index (χ3n) is 2.88. The SMILES string of the molecule is CC(C)(C)C(=O)OC12OCCN1C(=O)NC(=O)[C@H]2F. The van der Waals surface area contributed by atoms with Gasteiger partial charge in [-0.25, -0.2) is 9.18 Å². The van der Waals surface area contributed by atoms with Crippen LogP contribution in [-0.4, -0.2) is 48.0 Å². The lowest BCUT2D eigenvalue weighted by atomic mass is 9.97. The standard InChI is InChI=1S/C11H15FN2O5/c1-10(2,3)8(16)19-11-6(12)7(15)13-9(17)14(11)4-5-18-11/h6H,4-5H2,1-3H3,(H,13,15,17)/t6-,11?/m1/s1. The van der Waals surface area contributed by atoms with E-state index in [-0.39, 0.29) is 13.2 Å². The van der Waals surface area contributed by atoms with E-state index >= 15 is 0 Å². The molecular weight excluding hydrogens is 259 g/mol. The van der Waals surface area contributed by atoms with Crippen LogP contribution < -0.4 is 5.32 Å². The molecule has 2 fully saturated rings. The monoisotopic (exact) mass is 274 g/mol. The highest BCUT2D eigenvalue weighted by Crippen LogP contribution is 2.35. The van der Waals surface area contributed by atoms with E-state index in [4.69, 9.17) is 9.47 Å². The van der Waals surface area contributed by atoms with Gasteiger partial charge in [0, 0.05) is 0 Å². The van der Waals surface area contributed by atoms with Gasteiger partial charge in [-0.15, -0.1) is 0 Å². The summed E-state index contributed by atoms with van der Waals surface area (Å²) in [6.07, 6.45) is -2.28. The summed E-state index contributed by atoms with van der Waals surface area (Å²) >= 11 is 0. The molecule has 0 radical (unpaired) electrons. The second-order valence-corrected chi connectivity index (χ2v) is 5.43. The number of hydrogen-bond acceptors (Lipinski definition) is 5. The molecule has 2 saturated heterocycles. The van der Waals surface area contributed by atoms with Crippen LogP contribution in [0, 0.1) is 5.41 Å². The maximum Gasteiger partial charge on any atom is 0.343 e. The molecule has 2 rings (SSSR count). The zero-order valence-electron chi connectivity index (χ0n) is 10.9. The molecule has 0 aliphatic carbocycles. The number of hydrogen-bond donors (Lipinski definition) is 1. The van der Waals surface area contributed by atoms with Crippen molar-refractivity contribution in [1.29, 1.82) is 0 Å². The number of urea groups is 1. The summed E-state index contributed by atoms with van der Waals surface area (Å²) in [6, 6.07) is -0.835. The number of carbonyl (C=O) groups excluding carboxylic acids is 3. The first-order valence-electron chi connectivity index (χ1n) is 5.82. The molecular formula is C11H15FN2O5. The number of rotatable bonds is 1. The molecule has 0 spiro atoms. The van der Waals surface area contributed by atoms with Crippen LogP contribution in [0.25, 0.3) is 0 Å². The van der Waals surface area contributed by atoms with E-state index in [0.29, 0.717) is 0 Å². The van der Waals surface area contributed by atoms with Crippen molar-refractivity contribution < 1.29 is 28.2 Å². The Balaban J connectivity index is 2.34. The number of imide groups is 1. The van der Waals surface area contributed by atoms with Gasteiger partial charge in [0.2, 0.25) is 0 Å². The number of carbonyl (C=O) groups is 3. The van der Waals surface area contributed by atoms with Crippen LogP contribution in [0.2, 0.25) is 0 Å². The first-order chi connectivity index (χ1) is 8.68. The molecule has 7 nitrogen and oxygen atoms in total. The van der Waals surface area contributed by atoms with Crippen LogP contribution in [0.3, 0.4) is 0 Å². The molecule has 0 saturated carbocycles. The maximum absolute atomic E-state index is 14.1. The van der Waals surface area contributed by atoms with Gasteiger partial charge in [0.25, 0.3) is 12.1 Å². The highest BCUT2D eigenvalue weighted by atomic mass is 19.1. The molecule has 1 N–H and O–H groups in total. The van der Waals surface area contributed by atoms with Gasteiger partial charge in [-0.3, -0.25) is 19.8 Å². The second kappa shape index (κ2) is 4.16. The molecule has 2 aliphatic heterocycles. The molecule has 0 aromatic heterocycles. The van der Waals surface area contributed by atoms with E-state index in [2.05, 4.69) is 0 Å². The van der Waals surface area contributed by atoms with Crippen molar-refractivity contribution in [3.8, 4) is 0 Å². The predicted molar refractivity (Wildman–Crippen MR) is 59.4 cm³/mol. The highest BCUT2D eigenvalue weighted by molar-refractivity contribution is 6.00. The van der Waals surface area contributed by atoms with Gasteiger partial charge >= 0.3 is 17.9 Å². The summed E-state index contributed by atoms with van der Waals surface area (Å²) in [6.45, 7) is 4.74. The van der Waals surface area contributed by atoms with Gasteiger partial charge < -0.3 is 9.47 Å². The maximum atomic E-state index is 14.1. The molecule has 106 valence electrons. The first-order valence-corrected chi connectivity index (χ1v) is 5.82. The molecule has 8 heteroatoms. The Hall–Kier alpha value is -1.70. The molecule has 2 heterocycles. The molecule has 1 unspecified atom stereocenters. The first kappa shape index (κ1) is 13.7. The molecule has 2 atom stereocenters. The summed E-state index contributed by atoms with van der Waals surface area (Å²) in [7, 11) is 0. The van der Waals surface area contributed by atoms with Crippen molar-refractivity contribution in [2.75, 3.05) is 13.2 Å². The van der Waals surface area contributed by atoms with Crippen LogP contribution >= 0.6 is 0 Å². The highest BCUT2D eigenvalue weighted by Gasteiger charge is 2.62. The Kier molecular flexibility index (Phi) is 3.00. The number of halogens is 1. The van der Waals surface area contributed by atoms with Crippen molar-refractivity contribution in [2.45, 2.75) is 32.9 Å². The fourth-order valence-electron chi connectivity index (χ4n) is 1.79. The average Bonchev–Trinajstić information content (AvgIpc) is 2.70. The summed E-state index contributed by atoms with van der Waals surface area (Å²) < 4.78 is 24.2. The van der Waals surface area contributed by atoms with Crippen LogP contribution in [0.15, 0.2) is 0 Å². The lowest BCUT2D eigenvalue weighted by molar-refractivity contribution is -0.283. The summed E-state index contributed by atoms with van der Waals surface area (Å²) in [5.41, 5.74) is -0.914. The Morgan fingerprint density at radius 1 is 1.53 bits per heavy atom. The van der Waals surface area contributed by atoms with E-state index < -0.39 is 35.4 Å². The smallest absolute Gasteiger partial charge is 0.343 e. The van der Waals surface area contributed by atoms with Gasteiger partial charge in [-0.1, -0.05) is 0 Å². The fraction of sp³-hybridized carbons (Fsp3) is 0.727. The van der Waals surface area contributed by atoms with Crippen LogP contribution in [0.5, 0.6) is 0 Å². The number of fused-ring (bicyclic) bond motifs is 1. The number of esters is 1. The van der Waals surface area contributed by atoms with Crippen molar-refractivity contribution in [3.63, 3.8) is 0 Å². The number of ether oxygens (including phenoxy) is 2. The van der Waals surface area contributed by atoms with Gasteiger partial charge in [-0.05, 0) is 20.8 Å². The van der Waals surface area contributed by atoms with Crippen molar-refractivity contribution in [2.24, 2.45) is 5.41 Å². The van der Waals surface area contributed by atoms with E-state index in [1.807, 2.05) is 5.32 Å². The lowest BCUT2D eigenvalue weighted by Gasteiger charge is -2.41. The molecule has 2 aliphatic rings. The number of nitrogens with one attached hydrogen (secondary N) is 1. The Morgan fingerprint density at radius 2 is 2.16 bits per heavy atom. The summed E-state index contributed by atoms with van der Waals surface area (Å²) in [4.78, 5) is 35.8. The summed E-state index contributed by atoms with van der Waals surface area (Å²) in [5.74, 6) is -4.21. The molecule has 3 amide bonds. The number of amides is 3. The molecule has 19 heavy (non-hydrogen) atoms. The van der Waals surface area contributed by atoms with E-state index in [1.54, 1.807) is 20.8 Å². The Morgan fingerprint density at radius 3 is 2.74 bits per heavy atom. The van der Waals surface area contributed by atoms with Crippen molar-refractivity contribution in [3.05, 3.63) is 0 Å². The van der Waals surface area contributed by atoms with Gasteiger partial charge in [0.15, 0.2) is 0 Å². The average molecular weight is 274 g/mol. The predicted octanol–water partition coefficient (Wildman–Crippen LogP) is 0.150. The van der Waals surface area contributed by atoms with E-state index in [9.17, 15) is 18.8 Å². The van der Waals surface area contributed by atoms with Crippen LogP contribution in [-0.2, 0) is 19.1 Å². The van der Waals surface area contributed by atoms with Crippen molar-refractivity contribution in [1.82, 2.24) is 10.2 Å². The molecule has 0 aromatic rings. The third-order valence-corrected chi connectivity index (χ3v) is 2.88. The molecule has 0 aromatic carbocycles. The van der Waals surface area contributed by atoms with E-state index in [1.165, 1.54) is 0 Å². The Labute approximate surface area is 109 Å². The van der Waals surface area contributed by atoms with Crippen LogP contribution in [0.1, 0.15) is 20.8 Å². The van der Waals surface area contributed by atoms with Gasteiger partial charge in [-0.2, -0.15) is 0 Å². The largest absolute Gasteiger partial charge is 0.410 e. The van der Waals surface area contributed by atoms with E-state index in [0.717, 1.165) is 4.90 Å². The fourth-order valence-corrected chi connectivity index (χ4v) is 1.79. The quantitative estimate of drug-likeness (QED) is 0.688. The number of nitrogens with zero attached hydrogens (tertiary/aromatic N) is 1.